The van der Waals surface area contributed by atoms with Gasteiger partial charge in [-0.3, -0.25) is 24.6 Å². The number of aromatic carboxylic acids is 2. The molecule has 0 saturated carbocycles. The fourth-order valence-electron chi connectivity index (χ4n) is 4.02. The molecule has 0 aromatic heterocycles. The van der Waals surface area contributed by atoms with Gasteiger partial charge in [-0.05, 0) is 45.0 Å². The summed E-state index contributed by atoms with van der Waals surface area (Å²) in [5.41, 5.74) is 0.630. The van der Waals surface area contributed by atoms with E-state index >= 15 is 0 Å². The van der Waals surface area contributed by atoms with Gasteiger partial charge in [0.15, 0.2) is 10.8 Å². The first-order valence-electron chi connectivity index (χ1n) is 10.9. The molecule has 2 aliphatic heterocycles. The molecule has 4 rings (SSSR count). The van der Waals surface area contributed by atoms with Gasteiger partial charge >= 0.3 is 17.9 Å². The Bertz CT molecular complexity index is 1360. The van der Waals surface area contributed by atoms with Crippen LogP contribution in [0.4, 0.5) is 11.4 Å². The Morgan fingerprint density at radius 1 is 0.865 bits per heavy atom. The van der Waals surface area contributed by atoms with Crippen molar-refractivity contribution in [1.29, 1.82) is 0 Å². The van der Waals surface area contributed by atoms with E-state index in [1.807, 2.05) is 5.43 Å². The fraction of sp³-hybridized carbons (Fsp3) is 0.250. The van der Waals surface area contributed by atoms with Gasteiger partial charge in [0.25, 0.3) is 5.91 Å². The zero-order valence-corrected chi connectivity index (χ0v) is 20.0. The Balaban J connectivity index is 0.000000206. The molecule has 37 heavy (non-hydrogen) atoms. The third-order valence-corrected chi connectivity index (χ3v) is 6.28. The molecule has 13 nitrogen and oxygen atoms in total. The normalized spacial score (nSPS) is 20.9. The van der Waals surface area contributed by atoms with Gasteiger partial charge in [0.05, 0.1) is 17.7 Å². The van der Waals surface area contributed by atoms with Crippen molar-refractivity contribution >= 4 is 47.0 Å². The van der Waals surface area contributed by atoms with Crippen LogP contribution in [0.1, 0.15) is 52.6 Å². The van der Waals surface area contributed by atoms with Gasteiger partial charge in [0.1, 0.15) is 0 Å². The lowest BCUT2D eigenvalue weighted by molar-refractivity contribution is -0.152. The molecule has 0 fully saturated rings. The first kappa shape index (κ1) is 26.8. The van der Waals surface area contributed by atoms with Gasteiger partial charge < -0.3 is 25.6 Å². The highest BCUT2D eigenvalue weighted by molar-refractivity contribution is 6.21. The molecule has 194 valence electrons. The Morgan fingerprint density at radius 3 is 1.70 bits per heavy atom. The maximum Gasteiger partial charge on any atom is 0.335 e. The minimum absolute atomic E-state index is 0.0338. The second kappa shape index (κ2) is 9.70. The van der Waals surface area contributed by atoms with Gasteiger partial charge in [-0.15, -0.1) is 0 Å². The summed E-state index contributed by atoms with van der Waals surface area (Å²) in [5, 5.41) is 22.8. The van der Waals surface area contributed by atoms with Crippen LogP contribution in [0.25, 0.3) is 0 Å². The van der Waals surface area contributed by atoms with E-state index in [0.717, 1.165) is 0 Å². The summed E-state index contributed by atoms with van der Waals surface area (Å²) in [4.78, 5) is 69.2. The van der Waals surface area contributed by atoms with Gasteiger partial charge in [0.2, 0.25) is 11.8 Å². The van der Waals surface area contributed by atoms with Crippen molar-refractivity contribution in [3.05, 3.63) is 58.7 Å². The topological polar surface area (TPSA) is 214 Å². The number of carbonyl (C=O) groups is 6. The number of nitrogens with one attached hydrogen (secondary N) is 3. The average Bonchev–Trinajstić information content (AvgIpc) is 3.28. The van der Waals surface area contributed by atoms with Crippen LogP contribution in [0.2, 0.25) is 0 Å². The zero-order valence-electron chi connectivity index (χ0n) is 20.0. The highest BCUT2D eigenvalue weighted by Gasteiger charge is 2.51. The Morgan fingerprint density at radius 2 is 1.30 bits per heavy atom. The molecule has 0 spiro atoms. The number of benzene rings is 2. The largest absolute Gasteiger partial charge is 0.478 e. The quantitative estimate of drug-likeness (QED) is 0.109. The SMILES string of the molecule is CC1(C(=O)NN)C(=O)Nc2cc(C(=O)O)ccc21.CCOC(=O)C1(C)C(=O)Nc2cc(C(=O)O)ccc21. The van der Waals surface area contributed by atoms with Gasteiger partial charge in [-0.25, -0.2) is 15.4 Å². The summed E-state index contributed by atoms with van der Waals surface area (Å²) in [7, 11) is 0. The molecule has 0 saturated heterocycles. The number of esters is 1. The lowest BCUT2D eigenvalue weighted by atomic mass is 9.82. The summed E-state index contributed by atoms with van der Waals surface area (Å²) >= 11 is 0. The lowest BCUT2D eigenvalue weighted by Crippen LogP contribution is -2.49. The predicted molar refractivity (Wildman–Crippen MR) is 128 cm³/mol. The maximum atomic E-state index is 12.0. The molecule has 0 aliphatic carbocycles. The van der Waals surface area contributed by atoms with Crippen LogP contribution >= 0.6 is 0 Å². The van der Waals surface area contributed by atoms with Crippen molar-refractivity contribution in [1.82, 2.24) is 5.43 Å². The van der Waals surface area contributed by atoms with E-state index in [9.17, 15) is 28.8 Å². The van der Waals surface area contributed by atoms with Crippen LogP contribution in [0.15, 0.2) is 36.4 Å². The molecule has 2 aromatic carbocycles. The summed E-state index contributed by atoms with van der Waals surface area (Å²) in [6.45, 7) is 4.72. The summed E-state index contributed by atoms with van der Waals surface area (Å²) in [6, 6.07) is 8.24. The van der Waals surface area contributed by atoms with Crippen LogP contribution in [-0.2, 0) is 34.7 Å². The standard InChI is InChI=1S/C13H13NO5.C11H11N3O4/c1-3-19-12(18)13(2)8-5-4-7(10(15)16)6-9(8)14-11(13)17;1-11(10(18)14-12)6-3-2-5(8(15)16)4-7(6)13-9(11)17/h4-6H,3H2,1-2H3,(H,14,17)(H,15,16);2-4H,12H2,1H3,(H,13,17)(H,14,18)(H,15,16). The number of ether oxygens (including phenoxy) is 1. The summed E-state index contributed by atoms with van der Waals surface area (Å²) in [6.07, 6.45) is 0. The van der Waals surface area contributed by atoms with Crippen molar-refractivity contribution in [3.63, 3.8) is 0 Å². The number of hydrogen-bond acceptors (Lipinski definition) is 8. The Kier molecular flexibility index (Phi) is 7.03. The first-order chi connectivity index (χ1) is 17.3. The maximum absolute atomic E-state index is 12.0. The minimum Gasteiger partial charge on any atom is -0.478 e. The van der Waals surface area contributed by atoms with Crippen LogP contribution < -0.4 is 21.9 Å². The molecule has 7 N–H and O–H groups in total. The fourth-order valence-corrected chi connectivity index (χ4v) is 4.02. The molecule has 2 aromatic rings. The van der Waals surface area contributed by atoms with Crippen molar-refractivity contribution in [2.24, 2.45) is 5.84 Å². The molecule has 2 aliphatic rings. The van der Waals surface area contributed by atoms with E-state index in [0.29, 0.717) is 22.5 Å². The van der Waals surface area contributed by atoms with E-state index < -0.39 is 46.5 Å². The molecule has 2 atom stereocenters. The van der Waals surface area contributed by atoms with Crippen LogP contribution in [0, 0.1) is 0 Å². The van der Waals surface area contributed by atoms with Crippen LogP contribution in [-0.4, -0.2) is 52.4 Å². The number of fused-ring (bicyclic) bond motifs is 2. The minimum atomic E-state index is -1.44. The Hall–Kier alpha value is -4.78. The number of carboxylic acid groups (broad SMARTS) is 2. The lowest BCUT2D eigenvalue weighted by Gasteiger charge is -2.19. The monoisotopic (exact) mass is 512 g/mol. The highest BCUT2D eigenvalue weighted by Crippen LogP contribution is 2.39. The van der Waals surface area contributed by atoms with Crippen molar-refractivity contribution in [3.8, 4) is 0 Å². The van der Waals surface area contributed by atoms with Crippen molar-refractivity contribution in [2.45, 2.75) is 31.6 Å². The number of rotatable bonds is 5. The van der Waals surface area contributed by atoms with E-state index in [4.69, 9.17) is 20.8 Å². The molecule has 13 heteroatoms. The van der Waals surface area contributed by atoms with Crippen LogP contribution in [0.3, 0.4) is 0 Å². The molecule has 2 heterocycles. The van der Waals surface area contributed by atoms with E-state index in [1.54, 1.807) is 6.92 Å². The molecule has 0 bridgehead atoms. The molecule has 2 unspecified atom stereocenters. The van der Waals surface area contributed by atoms with Gasteiger partial charge in [-0.1, -0.05) is 12.1 Å². The van der Waals surface area contributed by atoms with Crippen molar-refractivity contribution in [2.75, 3.05) is 17.2 Å². The summed E-state index contributed by atoms with van der Waals surface area (Å²) in [5.74, 6) is 0.513. The molecular formula is C24H24N4O9. The number of hydrazine groups is 1. The number of nitrogens with two attached hydrogens (primary N) is 1. The Labute approximate surface area is 209 Å². The first-order valence-corrected chi connectivity index (χ1v) is 10.9. The third-order valence-electron chi connectivity index (χ3n) is 6.28. The number of carbonyl (C=O) groups excluding carboxylic acids is 4. The third kappa shape index (κ3) is 4.36. The molecule has 3 amide bonds. The van der Waals surface area contributed by atoms with E-state index in [2.05, 4.69) is 10.6 Å². The number of carboxylic acids is 2. The molecule has 0 radical (unpaired) electrons. The highest BCUT2D eigenvalue weighted by atomic mass is 16.5. The van der Waals surface area contributed by atoms with Crippen molar-refractivity contribution < 1.29 is 43.7 Å². The predicted octanol–water partition coefficient (Wildman–Crippen LogP) is 0.742. The second-order valence-electron chi connectivity index (χ2n) is 8.48. The average molecular weight is 512 g/mol. The number of amides is 3. The van der Waals surface area contributed by atoms with Gasteiger partial charge in [0, 0.05) is 22.5 Å². The van der Waals surface area contributed by atoms with E-state index in [1.165, 1.54) is 50.2 Å². The molecular weight excluding hydrogens is 488 g/mol. The zero-order chi connectivity index (χ0) is 27.7. The number of hydrogen-bond donors (Lipinski definition) is 6. The van der Waals surface area contributed by atoms with Gasteiger partial charge in [-0.2, -0.15) is 0 Å². The van der Waals surface area contributed by atoms with Crippen LogP contribution in [0.5, 0.6) is 0 Å². The second-order valence-corrected chi connectivity index (χ2v) is 8.48. The smallest absolute Gasteiger partial charge is 0.335 e. The summed E-state index contributed by atoms with van der Waals surface area (Å²) < 4.78 is 4.92. The van der Waals surface area contributed by atoms with E-state index in [-0.39, 0.29) is 17.7 Å². The number of anilines is 2.